The molecule has 2 N–H and O–H groups in total. The highest BCUT2D eigenvalue weighted by Crippen LogP contribution is 2.48. The van der Waals surface area contributed by atoms with Crippen molar-refractivity contribution in [3.8, 4) is 11.5 Å². The number of phenolic OH excluding ortho intramolecular Hbond substituents is 1. The molecule has 1 aromatic carbocycles. The highest BCUT2D eigenvalue weighted by molar-refractivity contribution is 8.00. The molecule has 1 aliphatic carbocycles. The molecule has 0 spiro atoms. The van der Waals surface area contributed by atoms with Crippen LogP contribution in [0, 0.1) is 11.8 Å². The third kappa shape index (κ3) is 8.06. The molecule has 3 heterocycles. The Morgan fingerprint density at radius 3 is 2.68 bits per heavy atom. The van der Waals surface area contributed by atoms with Gasteiger partial charge in [-0.3, -0.25) is 14.5 Å². The Morgan fingerprint density at radius 2 is 1.98 bits per heavy atom. The summed E-state index contributed by atoms with van der Waals surface area (Å²) < 4.78 is 6.44. The summed E-state index contributed by atoms with van der Waals surface area (Å²) in [7, 11) is 0. The van der Waals surface area contributed by atoms with Crippen molar-refractivity contribution in [2.45, 2.75) is 96.3 Å². The molecule has 0 bridgehead atoms. The van der Waals surface area contributed by atoms with Crippen molar-refractivity contribution < 1.29 is 29.3 Å². The van der Waals surface area contributed by atoms with E-state index in [1.54, 1.807) is 11.8 Å². The Kier molecular flexibility index (Phi) is 11.7. The summed E-state index contributed by atoms with van der Waals surface area (Å²) in [6.45, 7) is 11.0. The second-order valence-electron chi connectivity index (χ2n) is 13.2. The fraction of sp³-hybridized carbons (Fsp3) is 0.500. The number of carbonyl (C=O) groups excluding carboxylic acids is 2. The molecular weight excluding hydrogens is 631 g/mol. The van der Waals surface area contributed by atoms with E-state index in [9.17, 15) is 24.6 Å². The van der Waals surface area contributed by atoms with Crippen molar-refractivity contribution in [3.05, 3.63) is 80.7 Å². The molecular formula is C38H47NO6S2. The van der Waals surface area contributed by atoms with E-state index in [0.717, 1.165) is 60.1 Å². The average molecular weight is 678 g/mol. The number of β-lactam (4-membered cyclic amide) rings is 1. The van der Waals surface area contributed by atoms with Gasteiger partial charge >= 0.3 is 5.97 Å². The number of carbonyl (C=O) groups is 3. The predicted octanol–water partition coefficient (Wildman–Crippen LogP) is 8.43. The number of carboxylic acids is 1. The third-order valence-electron chi connectivity index (χ3n) is 9.60. The summed E-state index contributed by atoms with van der Waals surface area (Å²) in [5.74, 6) is -0.272. The lowest BCUT2D eigenvalue weighted by Crippen LogP contribution is -2.61. The molecule has 0 unspecified atom stereocenters. The Hall–Kier alpha value is -3.30. The van der Waals surface area contributed by atoms with Gasteiger partial charge < -0.3 is 14.9 Å². The van der Waals surface area contributed by atoms with Crippen molar-refractivity contribution in [3.63, 3.8) is 0 Å². The molecule has 1 amide bonds. The van der Waals surface area contributed by atoms with Crippen LogP contribution in [0.5, 0.6) is 11.5 Å². The van der Waals surface area contributed by atoms with Crippen molar-refractivity contribution >= 4 is 40.8 Å². The number of phenols is 1. The number of allylic oxidation sites excluding steroid dienone is 3. The molecule has 47 heavy (non-hydrogen) atoms. The second-order valence-corrected chi connectivity index (χ2v) is 15.4. The number of hydrogen-bond donors (Lipinski definition) is 2. The van der Waals surface area contributed by atoms with Gasteiger partial charge in [0.25, 0.3) is 0 Å². The van der Waals surface area contributed by atoms with Gasteiger partial charge in [0.2, 0.25) is 5.91 Å². The van der Waals surface area contributed by atoms with Crippen LogP contribution in [0.2, 0.25) is 0 Å². The Balaban J connectivity index is 1.28. The number of thiophene rings is 1. The number of Topliss-reactive ketones (excluding diaryl/α,β-unsaturated/α-hetero) is 1. The lowest BCUT2D eigenvalue weighted by molar-refractivity contribution is -0.154. The number of unbranched alkanes of at least 4 members (excludes halogenated alkanes) is 2. The maximum Gasteiger partial charge on any atom is 0.352 e. The van der Waals surface area contributed by atoms with E-state index >= 15 is 0 Å². The van der Waals surface area contributed by atoms with E-state index in [4.69, 9.17) is 4.74 Å². The zero-order valence-electron chi connectivity index (χ0n) is 27.8. The second kappa shape index (κ2) is 15.7. The van der Waals surface area contributed by atoms with Crippen LogP contribution in [0.1, 0.15) is 94.1 Å². The Labute approximate surface area is 286 Å². The van der Waals surface area contributed by atoms with Crippen molar-refractivity contribution in [2.75, 3.05) is 12.4 Å². The maximum absolute atomic E-state index is 13.2. The topological polar surface area (TPSA) is 104 Å². The third-order valence-corrected chi connectivity index (χ3v) is 11.9. The van der Waals surface area contributed by atoms with Gasteiger partial charge in [-0.2, -0.15) is 0 Å². The summed E-state index contributed by atoms with van der Waals surface area (Å²) >= 11 is 3.06. The fourth-order valence-corrected chi connectivity index (χ4v) is 9.34. The molecule has 7 nitrogen and oxygen atoms in total. The lowest BCUT2D eigenvalue weighted by atomic mass is 9.73. The van der Waals surface area contributed by atoms with Crippen LogP contribution in [0.25, 0.3) is 0 Å². The normalized spacial score (nSPS) is 22.4. The summed E-state index contributed by atoms with van der Waals surface area (Å²) in [6.07, 6.45) is 9.83. The van der Waals surface area contributed by atoms with Crippen LogP contribution in [-0.2, 0) is 27.2 Å². The molecule has 4 atom stereocenters. The predicted molar refractivity (Wildman–Crippen MR) is 189 cm³/mol. The Bertz CT molecular complexity index is 1560. The quantitative estimate of drug-likeness (QED) is 0.104. The number of amides is 1. The van der Waals surface area contributed by atoms with Crippen molar-refractivity contribution in [1.82, 2.24) is 4.90 Å². The number of fused-ring (bicyclic) bond motifs is 1. The number of aromatic hydroxyl groups is 1. The van der Waals surface area contributed by atoms with Gasteiger partial charge in [-0.05, 0) is 93.0 Å². The monoisotopic (exact) mass is 677 g/mol. The van der Waals surface area contributed by atoms with Gasteiger partial charge in [0.1, 0.15) is 23.0 Å². The number of benzene rings is 1. The smallest absolute Gasteiger partial charge is 0.352 e. The first-order valence-electron chi connectivity index (χ1n) is 16.8. The Morgan fingerprint density at radius 1 is 1.17 bits per heavy atom. The minimum Gasteiger partial charge on any atom is -0.507 e. The molecule has 252 valence electrons. The largest absolute Gasteiger partial charge is 0.507 e. The van der Waals surface area contributed by atoms with Crippen LogP contribution in [0.15, 0.2) is 64.7 Å². The molecule has 5 rings (SSSR count). The lowest BCUT2D eigenvalue weighted by Gasteiger charge is -2.49. The van der Waals surface area contributed by atoms with Crippen LogP contribution < -0.4 is 4.74 Å². The molecule has 0 saturated carbocycles. The molecule has 1 aromatic heterocycles. The molecule has 1 fully saturated rings. The number of aryl methyl sites for hydroxylation is 1. The van der Waals surface area contributed by atoms with Gasteiger partial charge in [-0.25, -0.2) is 4.79 Å². The van der Waals surface area contributed by atoms with Crippen molar-refractivity contribution in [2.24, 2.45) is 11.8 Å². The zero-order valence-corrected chi connectivity index (χ0v) is 29.4. The van der Waals surface area contributed by atoms with Gasteiger partial charge in [-0.15, -0.1) is 23.1 Å². The van der Waals surface area contributed by atoms with Crippen LogP contribution in [-0.4, -0.2) is 50.5 Å². The van der Waals surface area contributed by atoms with Crippen molar-refractivity contribution in [1.29, 1.82) is 0 Å². The maximum atomic E-state index is 13.2. The standard InChI is InChI=1S/C38H47NO6S2/c1-5-6-7-10-25-18-32(41)34(30-17-24(4)13-14-29(30)23(2)3)33(19-25)45-15-8-11-26-22-47-37-31(36(42)39(37)35(26)38(43)44)21-27(40)20-28-12-9-16-46-28/h9,12,16-19,29-31,37,41H,2,5-8,10-11,13-15,20-22H2,1,3-4H3,(H,43,44)/t29-,30+,31+,37+/m0/s1. The first kappa shape index (κ1) is 35.0. The van der Waals surface area contributed by atoms with E-state index in [1.807, 2.05) is 23.6 Å². The number of nitrogens with zero attached hydrogens (tertiary/aromatic N) is 1. The number of carboxylic acid groups (broad SMARTS) is 1. The molecule has 0 radical (unpaired) electrons. The molecule has 1 saturated heterocycles. The summed E-state index contributed by atoms with van der Waals surface area (Å²) in [5.41, 5.74) is 4.99. The number of aliphatic carboxylic acids is 1. The molecule has 2 aromatic rings. The fourth-order valence-electron chi connectivity index (χ4n) is 7.15. The van der Waals surface area contributed by atoms with E-state index in [1.165, 1.54) is 21.8 Å². The minimum atomic E-state index is -1.11. The number of ether oxygens (including phenoxy) is 1. The van der Waals surface area contributed by atoms with E-state index in [-0.39, 0.29) is 46.8 Å². The number of hydrogen-bond acceptors (Lipinski definition) is 7. The highest BCUT2D eigenvalue weighted by Gasteiger charge is 2.53. The van der Waals surface area contributed by atoms with Gasteiger partial charge in [0, 0.05) is 35.0 Å². The van der Waals surface area contributed by atoms with Gasteiger partial charge in [0.15, 0.2) is 0 Å². The summed E-state index contributed by atoms with van der Waals surface area (Å²) in [4.78, 5) is 40.6. The van der Waals surface area contributed by atoms with E-state index < -0.39 is 11.9 Å². The molecule has 3 aliphatic rings. The SMILES string of the molecule is C=C(C)[C@@H]1CCC(C)=C[C@H]1c1c(O)cc(CCCCC)cc1OCCCC1=C(C(=O)O)N2C(=O)[C@@H](CC(=O)Cc3cccs3)[C@H]2SC1. The van der Waals surface area contributed by atoms with E-state index in [0.29, 0.717) is 42.9 Å². The summed E-state index contributed by atoms with van der Waals surface area (Å²) in [6, 6.07) is 7.77. The molecule has 9 heteroatoms. The van der Waals surface area contributed by atoms with Crippen LogP contribution in [0.4, 0.5) is 0 Å². The van der Waals surface area contributed by atoms with Crippen LogP contribution >= 0.6 is 23.1 Å². The minimum absolute atomic E-state index is 0.00291. The molecule has 2 aliphatic heterocycles. The zero-order chi connectivity index (χ0) is 33.7. The van der Waals surface area contributed by atoms with Gasteiger partial charge in [0.05, 0.1) is 17.9 Å². The highest BCUT2D eigenvalue weighted by atomic mass is 32.2. The summed E-state index contributed by atoms with van der Waals surface area (Å²) in [5, 5.41) is 23.1. The number of ketones is 1. The van der Waals surface area contributed by atoms with Crippen LogP contribution in [0.3, 0.4) is 0 Å². The van der Waals surface area contributed by atoms with Gasteiger partial charge in [-0.1, -0.05) is 49.6 Å². The number of rotatable bonds is 16. The number of thioether (sulfide) groups is 1. The first-order chi connectivity index (χ1) is 22.6. The van der Waals surface area contributed by atoms with E-state index in [2.05, 4.69) is 39.5 Å². The first-order valence-corrected chi connectivity index (χ1v) is 18.8. The average Bonchev–Trinajstić information content (AvgIpc) is 3.54.